The molecule has 17 heavy (non-hydrogen) atoms. The van der Waals surface area contributed by atoms with Crippen molar-refractivity contribution in [1.29, 1.82) is 0 Å². The molecule has 0 bridgehead atoms. The van der Waals surface area contributed by atoms with Crippen LogP contribution in [0.15, 0.2) is 0 Å². The summed E-state index contributed by atoms with van der Waals surface area (Å²) < 4.78 is 24.8. The molecule has 7 nitrogen and oxygen atoms in total. The van der Waals surface area contributed by atoms with Gasteiger partial charge in [0.25, 0.3) is 0 Å². The van der Waals surface area contributed by atoms with Crippen molar-refractivity contribution in [2.45, 2.75) is 19.1 Å². The lowest BCUT2D eigenvalue weighted by molar-refractivity contribution is -0.136. The van der Waals surface area contributed by atoms with Gasteiger partial charge in [-0.3, -0.25) is 9.59 Å². The zero-order valence-electron chi connectivity index (χ0n) is 9.79. The number of amides is 1. The van der Waals surface area contributed by atoms with Gasteiger partial charge >= 0.3 is 5.97 Å². The van der Waals surface area contributed by atoms with Crippen LogP contribution in [0.5, 0.6) is 0 Å². The van der Waals surface area contributed by atoms with Gasteiger partial charge < -0.3 is 10.0 Å². The third-order valence-corrected chi connectivity index (χ3v) is 5.02. The third kappa shape index (κ3) is 2.95. The van der Waals surface area contributed by atoms with Gasteiger partial charge in [-0.2, -0.15) is 4.31 Å². The van der Waals surface area contributed by atoms with E-state index in [1.54, 1.807) is 0 Å². The van der Waals surface area contributed by atoms with Crippen molar-refractivity contribution >= 4 is 21.9 Å². The van der Waals surface area contributed by atoms with Crippen LogP contribution in [-0.2, 0) is 19.6 Å². The van der Waals surface area contributed by atoms with Crippen molar-refractivity contribution in [3.8, 4) is 0 Å². The molecule has 1 rings (SSSR count). The second-order valence-electron chi connectivity index (χ2n) is 3.93. The van der Waals surface area contributed by atoms with Crippen LogP contribution in [0.1, 0.15) is 13.8 Å². The Bertz CT molecular complexity index is 411. The molecule has 1 atom stereocenters. The molecule has 0 saturated carbocycles. The van der Waals surface area contributed by atoms with Crippen molar-refractivity contribution in [3.63, 3.8) is 0 Å². The Labute approximate surface area is 100 Å². The highest BCUT2D eigenvalue weighted by molar-refractivity contribution is 7.90. The quantitative estimate of drug-likeness (QED) is 0.702. The number of piperazine rings is 1. The van der Waals surface area contributed by atoms with Crippen molar-refractivity contribution in [2.75, 3.05) is 26.2 Å². The predicted molar refractivity (Wildman–Crippen MR) is 59.8 cm³/mol. The zero-order valence-corrected chi connectivity index (χ0v) is 10.6. The number of aliphatic carboxylic acids is 1. The van der Waals surface area contributed by atoms with Gasteiger partial charge in [0, 0.05) is 33.1 Å². The van der Waals surface area contributed by atoms with Gasteiger partial charge in [0.1, 0.15) is 0 Å². The molecule has 1 saturated heterocycles. The van der Waals surface area contributed by atoms with E-state index in [-0.39, 0.29) is 19.0 Å². The largest absolute Gasteiger partial charge is 0.480 e. The molecule has 0 radical (unpaired) electrons. The standard InChI is InChI=1S/C9H16N2O5S/c1-7(9(13)14)17(15,16)11-5-3-10(4-6-11)8(2)12/h7H,3-6H2,1-2H3,(H,13,14). The first-order chi connectivity index (χ1) is 7.76. The van der Waals surface area contributed by atoms with E-state index in [0.29, 0.717) is 13.1 Å². The van der Waals surface area contributed by atoms with E-state index in [2.05, 4.69) is 0 Å². The molecule has 0 aliphatic carbocycles. The summed E-state index contributed by atoms with van der Waals surface area (Å²) in [5.41, 5.74) is 0. The van der Waals surface area contributed by atoms with Gasteiger partial charge in [-0.15, -0.1) is 0 Å². The second-order valence-corrected chi connectivity index (χ2v) is 6.18. The van der Waals surface area contributed by atoms with E-state index >= 15 is 0 Å². The lowest BCUT2D eigenvalue weighted by atomic mass is 10.3. The van der Waals surface area contributed by atoms with Crippen LogP contribution in [0.4, 0.5) is 0 Å². The Morgan fingerprint density at radius 3 is 2.00 bits per heavy atom. The first kappa shape index (κ1) is 13.9. The zero-order chi connectivity index (χ0) is 13.2. The highest BCUT2D eigenvalue weighted by Crippen LogP contribution is 2.12. The topological polar surface area (TPSA) is 95.0 Å². The molecule has 1 N–H and O–H groups in total. The molecule has 1 amide bonds. The van der Waals surface area contributed by atoms with Crippen molar-refractivity contribution in [2.24, 2.45) is 0 Å². The Hall–Kier alpha value is -1.15. The maximum absolute atomic E-state index is 11.8. The van der Waals surface area contributed by atoms with Crippen molar-refractivity contribution in [1.82, 2.24) is 9.21 Å². The van der Waals surface area contributed by atoms with E-state index in [4.69, 9.17) is 5.11 Å². The Balaban J connectivity index is 2.71. The summed E-state index contributed by atoms with van der Waals surface area (Å²) in [6, 6.07) is 0. The number of carboxylic acids is 1. The highest BCUT2D eigenvalue weighted by Gasteiger charge is 2.35. The summed E-state index contributed by atoms with van der Waals surface area (Å²) in [4.78, 5) is 23.3. The molecule has 1 unspecified atom stereocenters. The minimum absolute atomic E-state index is 0.103. The SMILES string of the molecule is CC(=O)N1CCN(S(=O)(=O)C(C)C(=O)O)CC1. The van der Waals surface area contributed by atoms with Crippen LogP contribution in [0.2, 0.25) is 0 Å². The van der Waals surface area contributed by atoms with Crippen LogP contribution in [0, 0.1) is 0 Å². The Morgan fingerprint density at radius 1 is 1.18 bits per heavy atom. The lowest BCUT2D eigenvalue weighted by Gasteiger charge is -2.34. The number of rotatable bonds is 3. The highest BCUT2D eigenvalue weighted by atomic mass is 32.2. The first-order valence-corrected chi connectivity index (χ1v) is 6.74. The molecular formula is C9H16N2O5S. The summed E-state index contributed by atoms with van der Waals surface area (Å²) >= 11 is 0. The number of carbonyl (C=O) groups is 2. The van der Waals surface area contributed by atoms with Gasteiger partial charge in [0.2, 0.25) is 15.9 Å². The maximum Gasteiger partial charge on any atom is 0.323 e. The maximum atomic E-state index is 11.8. The summed E-state index contributed by atoms with van der Waals surface area (Å²) in [6.45, 7) is 3.49. The Kier molecular flexibility index (Phi) is 4.10. The molecule has 1 aliphatic heterocycles. The van der Waals surface area contributed by atoms with Gasteiger partial charge in [-0.05, 0) is 6.92 Å². The van der Waals surface area contributed by atoms with Crippen LogP contribution in [0.3, 0.4) is 0 Å². The number of hydrogen-bond donors (Lipinski definition) is 1. The van der Waals surface area contributed by atoms with E-state index in [1.807, 2.05) is 0 Å². The average molecular weight is 264 g/mol. The monoisotopic (exact) mass is 264 g/mol. The van der Waals surface area contributed by atoms with Gasteiger partial charge in [0.05, 0.1) is 0 Å². The number of hydrogen-bond acceptors (Lipinski definition) is 4. The van der Waals surface area contributed by atoms with Crippen LogP contribution < -0.4 is 0 Å². The number of carboxylic acid groups (broad SMARTS) is 1. The van der Waals surface area contributed by atoms with E-state index in [9.17, 15) is 18.0 Å². The van der Waals surface area contributed by atoms with Crippen LogP contribution >= 0.6 is 0 Å². The number of nitrogens with zero attached hydrogens (tertiary/aromatic N) is 2. The molecule has 0 spiro atoms. The van der Waals surface area contributed by atoms with Crippen molar-refractivity contribution in [3.05, 3.63) is 0 Å². The molecular weight excluding hydrogens is 248 g/mol. The van der Waals surface area contributed by atoms with Gasteiger partial charge in [-0.25, -0.2) is 8.42 Å². The Morgan fingerprint density at radius 2 is 1.65 bits per heavy atom. The van der Waals surface area contributed by atoms with E-state index in [1.165, 1.54) is 11.8 Å². The fourth-order valence-corrected chi connectivity index (χ4v) is 2.98. The van der Waals surface area contributed by atoms with Crippen molar-refractivity contribution < 1.29 is 23.1 Å². The summed E-state index contributed by atoms with van der Waals surface area (Å²) in [6.07, 6.45) is 0. The molecule has 0 aromatic heterocycles. The van der Waals surface area contributed by atoms with Gasteiger partial charge in [-0.1, -0.05) is 0 Å². The molecule has 1 heterocycles. The minimum atomic E-state index is -3.81. The molecule has 0 aromatic carbocycles. The van der Waals surface area contributed by atoms with Gasteiger partial charge in [0.15, 0.2) is 5.25 Å². The average Bonchev–Trinajstić information content (AvgIpc) is 2.27. The summed E-state index contributed by atoms with van der Waals surface area (Å²) in [5, 5.41) is 7.27. The molecule has 98 valence electrons. The molecule has 1 fully saturated rings. The summed E-state index contributed by atoms with van der Waals surface area (Å²) in [7, 11) is -3.81. The predicted octanol–water partition coefficient (Wildman–Crippen LogP) is -1.05. The lowest BCUT2D eigenvalue weighted by Crippen LogP contribution is -2.52. The fourth-order valence-electron chi connectivity index (χ4n) is 1.61. The molecule has 0 aromatic rings. The molecule has 8 heteroatoms. The minimum Gasteiger partial charge on any atom is -0.480 e. The number of sulfonamides is 1. The third-order valence-electron chi connectivity index (χ3n) is 2.84. The number of carbonyl (C=O) groups excluding carboxylic acids is 1. The van der Waals surface area contributed by atoms with Crippen LogP contribution in [-0.4, -0.2) is 66.0 Å². The summed E-state index contributed by atoms with van der Waals surface area (Å²) in [5.74, 6) is -1.47. The smallest absolute Gasteiger partial charge is 0.323 e. The van der Waals surface area contributed by atoms with E-state index in [0.717, 1.165) is 11.2 Å². The normalized spacial score (nSPS) is 20.0. The first-order valence-electron chi connectivity index (χ1n) is 5.24. The fraction of sp³-hybridized carbons (Fsp3) is 0.778. The van der Waals surface area contributed by atoms with Crippen LogP contribution in [0.25, 0.3) is 0 Å². The van der Waals surface area contributed by atoms with E-state index < -0.39 is 21.2 Å². The molecule has 1 aliphatic rings. The second kappa shape index (κ2) is 5.01.